The van der Waals surface area contributed by atoms with Crippen LogP contribution >= 0.6 is 11.8 Å². The van der Waals surface area contributed by atoms with Crippen LogP contribution in [0.4, 0.5) is 8.78 Å². The van der Waals surface area contributed by atoms with Gasteiger partial charge in [-0.3, -0.25) is 14.4 Å². The maximum absolute atomic E-state index is 17.1. The fraction of sp³-hybridized carbons (Fsp3) is 0.720. The molecule has 34 heavy (non-hydrogen) atoms. The average Bonchev–Trinajstić information content (AvgIpc) is 3.26. The van der Waals surface area contributed by atoms with Gasteiger partial charge in [0.25, 0.3) is 0 Å². The number of cyclic esters (lactones) is 1. The molecular weight excluding hydrogens is 466 g/mol. The van der Waals surface area contributed by atoms with Crippen LogP contribution in [0.15, 0.2) is 23.8 Å². The van der Waals surface area contributed by atoms with Gasteiger partial charge in [0, 0.05) is 23.2 Å². The van der Waals surface area contributed by atoms with E-state index in [1.165, 1.54) is 19.1 Å². The normalized spacial score (nSPS) is 51.9. The molecular formula is C25H30F2O6S. The van der Waals surface area contributed by atoms with Gasteiger partial charge in [-0.25, -0.2) is 8.78 Å². The molecule has 0 aromatic rings. The molecule has 1 heterocycles. The third-order valence-corrected chi connectivity index (χ3v) is 10.9. The Morgan fingerprint density at radius 1 is 1.24 bits per heavy atom. The molecule has 0 aromatic carbocycles. The van der Waals surface area contributed by atoms with Crippen LogP contribution in [0.1, 0.15) is 46.5 Å². The number of carbonyl (C=O) groups excluding carboxylic acids is 3. The van der Waals surface area contributed by atoms with Gasteiger partial charge in [-0.15, -0.1) is 0 Å². The van der Waals surface area contributed by atoms with Crippen LogP contribution < -0.4 is 0 Å². The van der Waals surface area contributed by atoms with E-state index in [4.69, 9.17) is 4.74 Å². The molecule has 0 radical (unpaired) electrons. The van der Waals surface area contributed by atoms with Crippen molar-refractivity contribution in [3.8, 4) is 0 Å². The lowest BCUT2D eigenvalue weighted by Crippen LogP contribution is -2.70. The number of halogens is 2. The summed E-state index contributed by atoms with van der Waals surface area (Å²) < 4.78 is 37.5. The fourth-order valence-electron chi connectivity index (χ4n) is 7.78. The number of ether oxygens (including phenoxy) is 1. The van der Waals surface area contributed by atoms with E-state index in [9.17, 15) is 24.6 Å². The van der Waals surface area contributed by atoms with Crippen molar-refractivity contribution >= 4 is 28.6 Å². The Morgan fingerprint density at radius 3 is 2.59 bits per heavy atom. The highest BCUT2D eigenvalue weighted by atomic mass is 32.2. The predicted octanol–water partition coefficient (Wildman–Crippen LogP) is 2.86. The van der Waals surface area contributed by atoms with Crippen molar-refractivity contribution in [1.82, 2.24) is 0 Å². The molecule has 186 valence electrons. The van der Waals surface area contributed by atoms with E-state index < -0.39 is 74.2 Å². The molecule has 10 atom stereocenters. The lowest BCUT2D eigenvalue weighted by molar-refractivity contribution is -0.221. The molecule has 0 bridgehead atoms. The summed E-state index contributed by atoms with van der Waals surface area (Å²) in [5, 5.41) is 21.9. The molecule has 3 saturated carbocycles. The van der Waals surface area contributed by atoms with E-state index in [1.807, 2.05) is 0 Å². The number of hydrogen-bond acceptors (Lipinski definition) is 7. The van der Waals surface area contributed by atoms with Gasteiger partial charge >= 0.3 is 5.97 Å². The van der Waals surface area contributed by atoms with Crippen LogP contribution in [0.5, 0.6) is 0 Å². The summed E-state index contributed by atoms with van der Waals surface area (Å²) in [7, 11) is 0. The minimum absolute atomic E-state index is 0.0362. The maximum atomic E-state index is 17.1. The number of rotatable bonds is 2. The lowest BCUT2D eigenvalue weighted by Gasteiger charge is -2.63. The molecule has 0 amide bonds. The highest BCUT2D eigenvalue weighted by Gasteiger charge is 2.76. The minimum atomic E-state index is -2.26. The number of aliphatic hydroxyl groups excluding tert-OH is 1. The van der Waals surface area contributed by atoms with Crippen LogP contribution in [0.2, 0.25) is 0 Å². The van der Waals surface area contributed by atoms with Gasteiger partial charge in [-0.2, -0.15) is 0 Å². The van der Waals surface area contributed by atoms with Gasteiger partial charge < -0.3 is 14.9 Å². The molecule has 5 rings (SSSR count). The number of allylic oxidation sites excluding steroid dienone is 4. The van der Waals surface area contributed by atoms with Gasteiger partial charge in [0.15, 0.2) is 11.5 Å². The minimum Gasteiger partial charge on any atom is -0.465 e. The van der Waals surface area contributed by atoms with Crippen LogP contribution in [-0.4, -0.2) is 62.5 Å². The zero-order valence-electron chi connectivity index (χ0n) is 19.4. The van der Waals surface area contributed by atoms with Gasteiger partial charge in [0.05, 0.1) is 12.7 Å². The highest BCUT2D eigenvalue weighted by Crippen LogP contribution is 2.71. The SMILES string of the molecule is C[C@@H]1C[C@H]2[C@@H]3C[C@H](F)C4=CC(=O)C=C[C@]4(C)[C@@]3(F)[C@@H](O)C[C@]2(C)[C@@]1(O)C(=O)S[C@@H]1CCOC1=O. The Balaban J connectivity index is 1.55. The third kappa shape index (κ3) is 2.77. The quantitative estimate of drug-likeness (QED) is 0.567. The number of esters is 1. The Bertz CT molecular complexity index is 1030. The Labute approximate surface area is 201 Å². The largest absolute Gasteiger partial charge is 0.465 e. The van der Waals surface area contributed by atoms with E-state index in [0.717, 1.165) is 17.8 Å². The standard InChI is InChI=1S/C25H30F2O6S/c1-12-8-14-15-10-17(26)16-9-13(28)4-6-22(16,2)24(15,27)19(29)11-23(14,3)25(12,32)21(31)34-18-5-7-33-20(18)30/h4,6,9,12,14-15,17-19,29,32H,5,7-8,10-11H2,1-3H3/t12-,14+,15+,17+,18-,19+,22+,23+,24+,25+/m1/s1. The van der Waals surface area contributed by atoms with E-state index in [-0.39, 0.29) is 31.4 Å². The monoisotopic (exact) mass is 496 g/mol. The van der Waals surface area contributed by atoms with Crippen molar-refractivity contribution in [1.29, 1.82) is 0 Å². The molecule has 1 saturated heterocycles. The number of fused-ring (bicyclic) bond motifs is 5. The first-order valence-electron chi connectivity index (χ1n) is 11.9. The lowest BCUT2D eigenvalue weighted by atomic mass is 9.44. The van der Waals surface area contributed by atoms with Crippen LogP contribution in [0.25, 0.3) is 0 Å². The summed E-state index contributed by atoms with van der Waals surface area (Å²) in [5.41, 5.74) is -6.88. The summed E-state index contributed by atoms with van der Waals surface area (Å²) in [4.78, 5) is 37.3. The number of aliphatic hydroxyl groups is 2. The predicted molar refractivity (Wildman–Crippen MR) is 120 cm³/mol. The molecule has 6 nitrogen and oxygen atoms in total. The molecule has 4 aliphatic carbocycles. The van der Waals surface area contributed by atoms with E-state index in [0.29, 0.717) is 6.42 Å². The molecule has 0 aromatic heterocycles. The van der Waals surface area contributed by atoms with Crippen molar-refractivity contribution < 1.29 is 38.1 Å². The molecule has 1 aliphatic heterocycles. The summed E-state index contributed by atoms with van der Waals surface area (Å²) >= 11 is 0.747. The van der Waals surface area contributed by atoms with Gasteiger partial charge in [0.2, 0.25) is 5.12 Å². The van der Waals surface area contributed by atoms with Crippen molar-refractivity contribution in [3.05, 3.63) is 23.8 Å². The summed E-state index contributed by atoms with van der Waals surface area (Å²) in [5.74, 6) is -3.05. The van der Waals surface area contributed by atoms with Gasteiger partial charge in [0.1, 0.15) is 17.0 Å². The molecule has 2 N–H and O–H groups in total. The second-order valence-corrected chi connectivity index (χ2v) is 12.3. The number of ketones is 1. The summed E-state index contributed by atoms with van der Waals surface area (Å²) in [6.45, 7) is 5.12. The van der Waals surface area contributed by atoms with Gasteiger partial charge in [-0.05, 0) is 55.7 Å². The first-order chi connectivity index (χ1) is 15.8. The average molecular weight is 497 g/mol. The van der Waals surface area contributed by atoms with E-state index in [1.54, 1.807) is 13.8 Å². The fourth-order valence-corrected chi connectivity index (χ4v) is 9.03. The number of thioether (sulfide) groups is 1. The highest BCUT2D eigenvalue weighted by molar-refractivity contribution is 8.14. The Hall–Kier alpha value is -1.58. The zero-order valence-corrected chi connectivity index (χ0v) is 20.2. The van der Waals surface area contributed by atoms with Crippen LogP contribution in [-0.2, 0) is 19.1 Å². The van der Waals surface area contributed by atoms with Crippen LogP contribution in [0, 0.1) is 28.6 Å². The molecule has 0 spiro atoms. The van der Waals surface area contributed by atoms with Crippen molar-refractivity contribution in [2.45, 2.75) is 75.2 Å². The first kappa shape index (κ1) is 24.1. The topological polar surface area (TPSA) is 101 Å². The van der Waals surface area contributed by atoms with Crippen molar-refractivity contribution in [3.63, 3.8) is 0 Å². The van der Waals surface area contributed by atoms with Crippen molar-refractivity contribution in [2.75, 3.05) is 6.61 Å². The summed E-state index contributed by atoms with van der Waals surface area (Å²) in [6.07, 6.45) is 0.749. The second-order valence-electron chi connectivity index (χ2n) is 11.1. The maximum Gasteiger partial charge on any atom is 0.319 e. The Morgan fingerprint density at radius 2 is 1.94 bits per heavy atom. The molecule has 9 heteroatoms. The molecule has 4 fully saturated rings. The Kier molecular flexibility index (Phi) is 5.30. The van der Waals surface area contributed by atoms with E-state index >= 15 is 8.78 Å². The van der Waals surface area contributed by atoms with Gasteiger partial charge in [-0.1, -0.05) is 31.7 Å². The van der Waals surface area contributed by atoms with Crippen molar-refractivity contribution in [2.24, 2.45) is 28.6 Å². The summed E-state index contributed by atoms with van der Waals surface area (Å²) in [6, 6.07) is 0. The third-order valence-electron chi connectivity index (χ3n) is 9.66. The molecule has 5 aliphatic rings. The second kappa shape index (κ2) is 7.46. The first-order valence-corrected chi connectivity index (χ1v) is 12.7. The van der Waals surface area contributed by atoms with Crippen LogP contribution in [0.3, 0.4) is 0 Å². The molecule has 0 unspecified atom stereocenters. The number of carbonyl (C=O) groups is 3. The zero-order chi connectivity index (χ0) is 24.8. The number of alkyl halides is 2. The smallest absolute Gasteiger partial charge is 0.319 e. The van der Waals surface area contributed by atoms with E-state index in [2.05, 4.69) is 0 Å². The number of hydrogen-bond donors (Lipinski definition) is 2.